The second-order valence-corrected chi connectivity index (χ2v) is 6.32. The highest BCUT2D eigenvalue weighted by molar-refractivity contribution is 6.34. The molecule has 20 heavy (non-hydrogen) atoms. The number of ether oxygens (including phenoxy) is 1. The first-order chi connectivity index (χ1) is 9.35. The first kappa shape index (κ1) is 15.0. The SMILES string of the molecule is CCOC(=O)c1cc(N)cc(Cl)c1NCC1CC1(C)C. The van der Waals surface area contributed by atoms with Gasteiger partial charge in [0.2, 0.25) is 0 Å². The zero-order valence-electron chi connectivity index (χ0n) is 12.1. The van der Waals surface area contributed by atoms with Crippen molar-refractivity contribution in [1.82, 2.24) is 0 Å². The van der Waals surface area contributed by atoms with E-state index in [9.17, 15) is 4.79 Å². The molecule has 5 heteroatoms. The van der Waals surface area contributed by atoms with Crippen LogP contribution in [0.5, 0.6) is 0 Å². The van der Waals surface area contributed by atoms with Gasteiger partial charge in [0.15, 0.2) is 0 Å². The normalized spacial score (nSPS) is 19.5. The van der Waals surface area contributed by atoms with Gasteiger partial charge in [-0.15, -0.1) is 0 Å². The molecule has 1 unspecified atom stereocenters. The molecule has 1 saturated carbocycles. The third-order valence-corrected chi connectivity index (χ3v) is 4.15. The largest absolute Gasteiger partial charge is 0.462 e. The quantitative estimate of drug-likeness (QED) is 0.644. The third-order valence-electron chi connectivity index (χ3n) is 3.85. The van der Waals surface area contributed by atoms with Crippen molar-refractivity contribution in [1.29, 1.82) is 0 Å². The Morgan fingerprint density at radius 3 is 2.75 bits per heavy atom. The molecule has 0 heterocycles. The van der Waals surface area contributed by atoms with Crippen LogP contribution < -0.4 is 11.1 Å². The summed E-state index contributed by atoms with van der Waals surface area (Å²) >= 11 is 6.20. The van der Waals surface area contributed by atoms with Crippen LogP contribution in [-0.4, -0.2) is 19.1 Å². The second kappa shape index (κ2) is 5.52. The van der Waals surface area contributed by atoms with E-state index >= 15 is 0 Å². The summed E-state index contributed by atoms with van der Waals surface area (Å²) in [5.74, 6) is 0.199. The highest BCUT2D eigenvalue weighted by Crippen LogP contribution is 2.51. The highest BCUT2D eigenvalue weighted by Gasteiger charge is 2.45. The van der Waals surface area contributed by atoms with Crippen LogP contribution in [-0.2, 0) is 4.74 Å². The van der Waals surface area contributed by atoms with E-state index in [-0.39, 0.29) is 0 Å². The van der Waals surface area contributed by atoms with Gasteiger partial charge in [-0.1, -0.05) is 25.4 Å². The van der Waals surface area contributed by atoms with Crippen molar-refractivity contribution in [3.05, 3.63) is 22.7 Å². The Morgan fingerprint density at radius 2 is 2.20 bits per heavy atom. The van der Waals surface area contributed by atoms with Gasteiger partial charge in [0, 0.05) is 12.2 Å². The van der Waals surface area contributed by atoms with Crippen LogP contribution >= 0.6 is 11.6 Å². The first-order valence-electron chi connectivity index (χ1n) is 6.85. The maximum atomic E-state index is 12.0. The minimum absolute atomic E-state index is 0.320. The number of rotatable bonds is 5. The summed E-state index contributed by atoms with van der Waals surface area (Å²) in [6.07, 6.45) is 1.18. The zero-order chi connectivity index (χ0) is 14.9. The number of carbonyl (C=O) groups excluding carboxylic acids is 1. The van der Waals surface area contributed by atoms with Crippen molar-refractivity contribution < 1.29 is 9.53 Å². The Labute approximate surface area is 124 Å². The van der Waals surface area contributed by atoms with Gasteiger partial charge >= 0.3 is 5.97 Å². The van der Waals surface area contributed by atoms with Crippen molar-refractivity contribution in [2.24, 2.45) is 11.3 Å². The topological polar surface area (TPSA) is 64.3 Å². The third kappa shape index (κ3) is 3.18. The Bertz CT molecular complexity index is 529. The van der Waals surface area contributed by atoms with Gasteiger partial charge in [-0.05, 0) is 36.8 Å². The molecular weight excluding hydrogens is 276 g/mol. The Morgan fingerprint density at radius 1 is 1.55 bits per heavy atom. The molecule has 0 amide bonds. The number of nitrogens with one attached hydrogen (secondary N) is 1. The molecule has 0 bridgehead atoms. The number of hydrogen-bond donors (Lipinski definition) is 2. The average Bonchev–Trinajstić information content (AvgIpc) is 2.95. The molecule has 1 aliphatic carbocycles. The predicted molar refractivity (Wildman–Crippen MR) is 82.2 cm³/mol. The summed E-state index contributed by atoms with van der Waals surface area (Å²) < 4.78 is 5.05. The van der Waals surface area contributed by atoms with E-state index in [1.165, 1.54) is 6.42 Å². The molecule has 1 atom stereocenters. The number of benzene rings is 1. The number of nitrogens with two attached hydrogens (primary N) is 1. The Hall–Kier alpha value is -1.42. The van der Waals surface area contributed by atoms with Crippen LogP contribution in [0.2, 0.25) is 5.02 Å². The Balaban J connectivity index is 2.19. The molecule has 0 aliphatic heterocycles. The summed E-state index contributed by atoms with van der Waals surface area (Å²) in [5.41, 5.74) is 7.59. The van der Waals surface area contributed by atoms with E-state index in [1.54, 1.807) is 19.1 Å². The summed E-state index contributed by atoms with van der Waals surface area (Å²) in [5, 5.41) is 3.73. The van der Waals surface area contributed by atoms with Gasteiger partial charge in [-0.25, -0.2) is 4.79 Å². The number of anilines is 2. The first-order valence-corrected chi connectivity index (χ1v) is 7.23. The molecule has 0 radical (unpaired) electrons. The molecule has 0 aromatic heterocycles. The fraction of sp³-hybridized carbons (Fsp3) is 0.533. The van der Waals surface area contributed by atoms with Gasteiger partial charge < -0.3 is 15.8 Å². The van der Waals surface area contributed by atoms with E-state index in [4.69, 9.17) is 22.1 Å². The van der Waals surface area contributed by atoms with Crippen molar-refractivity contribution in [3.63, 3.8) is 0 Å². The minimum atomic E-state index is -0.403. The van der Waals surface area contributed by atoms with Gasteiger partial charge in [-0.2, -0.15) is 0 Å². The van der Waals surface area contributed by atoms with E-state index in [1.807, 2.05) is 0 Å². The summed E-state index contributed by atoms with van der Waals surface area (Å²) in [7, 11) is 0. The van der Waals surface area contributed by atoms with Gasteiger partial charge in [0.25, 0.3) is 0 Å². The van der Waals surface area contributed by atoms with Crippen LogP contribution in [0.4, 0.5) is 11.4 Å². The van der Waals surface area contributed by atoms with Gasteiger partial charge in [0.05, 0.1) is 22.9 Å². The molecule has 3 N–H and O–H groups in total. The fourth-order valence-electron chi connectivity index (χ4n) is 2.33. The molecule has 0 spiro atoms. The van der Waals surface area contributed by atoms with E-state index in [0.717, 1.165) is 6.54 Å². The molecule has 1 aliphatic rings. The van der Waals surface area contributed by atoms with E-state index in [2.05, 4.69) is 19.2 Å². The monoisotopic (exact) mass is 296 g/mol. The van der Waals surface area contributed by atoms with Crippen molar-refractivity contribution in [2.75, 3.05) is 24.2 Å². The molecular formula is C15H21ClN2O2. The lowest BCUT2D eigenvalue weighted by molar-refractivity contribution is 0.0527. The fourth-order valence-corrected chi connectivity index (χ4v) is 2.62. The molecule has 4 nitrogen and oxygen atoms in total. The molecule has 1 aromatic rings. The van der Waals surface area contributed by atoms with Crippen molar-refractivity contribution in [2.45, 2.75) is 27.2 Å². The molecule has 0 saturated heterocycles. The maximum Gasteiger partial charge on any atom is 0.340 e. The van der Waals surface area contributed by atoms with Crippen LogP contribution in [0.25, 0.3) is 0 Å². The standard InChI is InChI=1S/C15H21ClN2O2/c1-4-20-14(19)11-5-10(17)6-12(16)13(11)18-8-9-7-15(9,2)3/h5-6,9,18H,4,7-8,17H2,1-3H3. The highest BCUT2D eigenvalue weighted by atomic mass is 35.5. The molecule has 110 valence electrons. The van der Waals surface area contributed by atoms with Crippen LogP contribution in [0.15, 0.2) is 12.1 Å². The molecule has 1 aromatic carbocycles. The average molecular weight is 297 g/mol. The van der Waals surface area contributed by atoms with Crippen LogP contribution in [0, 0.1) is 11.3 Å². The van der Waals surface area contributed by atoms with Crippen LogP contribution in [0.3, 0.4) is 0 Å². The maximum absolute atomic E-state index is 12.0. The van der Waals surface area contributed by atoms with Crippen molar-refractivity contribution in [3.8, 4) is 0 Å². The number of nitrogen functional groups attached to an aromatic ring is 1. The lowest BCUT2D eigenvalue weighted by Gasteiger charge is -2.14. The lowest BCUT2D eigenvalue weighted by atomic mass is 10.1. The smallest absolute Gasteiger partial charge is 0.340 e. The zero-order valence-corrected chi connectivity index (χ0v) is 12.9. The summed E-state index contributed by atoms with van der Waals surface area (Å²) in [6.45, 7) is 7.35. The number of hydrogen-bond acceptors (Lipinski definition) is 4. The summed E-state index contributed by atoms with van der Waals surface area (Å²) in [4.78, 5) is 12.0. The number of halogens is 1. The number of esters is 1. The van der Waals surface area contributed by atoms with E-state index in [0.29, 0.717) is 39.9 Å². The lowest BCUT2D eigenvalue weighted by Crippen LogP contribution is -2.14. The summed E-state index contributed by atoms with van der Waals surface area (Å²) in [6, 6.07) is 3.24. The second-order valence-electron chi connectivity index (χ2n) is 5.92. The van der Waals surface area contributed by atoms with Crippen LogP contribution in [0.1, 0.15) is 37.6 Å². The van der Waals surface area contributed by atoms with E-state index < -0.39 is 5.97 Å². The van der Waals surface area contributed by atoms with Gasteiger partial charge in [-0.3, -0.25) is 0 Å². The van der Waals surface area contributed by atoms with Gasteiger partial charge in [0.1, 0.15) is 0 Å². The van der Waals surface area contributed by atoms with Crippen molar-refractivity contribution >= 4 is 28.9 Å². The predicted octanol–water partition coefficient (Wildman–Crippen LogP) is 3.56. The molecule has 1 fully saturated rings. The Kier molecular flexibility index (Phi) is 4.14. The minimum Gasteiger partial charge on any atom is -0.462 e. The molecule has 2 rings (SSSR count). The number of carbonyl (C=O) groups is 1.